The van der Waals surface area contributed by atoms with Gasteiger partial charge in [0.05, 0.1) is 20.0 Å². The number of methoxy groups -OCH3 is 2. The van der Waals surface area contributed by atoms with E-state index in [4.69, 9.17) is 9.47 Å². The van der Waals surface area contributed by atoms with E-state index in [0.29, 0.717) is 29.6 Å². The van der Waals surface area contributed by atoms with Crippen molar-refractivity contribution >= 4 is 23.4 Å². The summed E-state index contributed by atoms with van der Waals surface area (Å²) in [6.45, 7) is 4.39. The normalized spacial score (nSPS) is 10.5. The van der Waals surface area contributed by atoms with Gasteiger partial charge in [-0.3, -0.25) is 4.79 Å². The zero-order valence-corrected chi connectivity index (χ0v) is 17.8. The molecule has 0 aliphatic carbocycles. The van der Waals surface area contributed by atoms with E-state index in [1.54, 1.807) is 26.4 Å². The first-order valence-electron chi connectivity index (χ1n) is 9.35. The number of ether oxygens (including phenoxy) is 2. The van der Waals surface area contributed by atoms with Crippen molar-refractivity contribution in [1.82, 2.24) is 14.8 Å². The maximum absolute atomic E-state index is 12.4. The molecule has 0 bridgehead atoms. The van der Waals surface area contributed by atoms with Crippen molar-refractivity contribution in [3.05, 3.63) is 72.6 Å². The number of allylic oxidation sites excluding steroid dienone is 1. The van der Waals surface area contributed by atoms with Gasteiger partial charge >= 0.3 is 0 Å². The maximum atomic E-state index is 12.4. The molecule has 0 radical (unpaired) electrons. The van der Waals surface area contributed by atoms with Gasteiger partial charge < -0.3 is 19.4 Å². The fourth-order valence-corrected chi connectivity index (χ4v) is 3.59. The lowest BCUT2D eigenvalue weighted by Gasteiger charge is -2.09. The van der Waals surface area contributed by atoms with Crippen molar-refractivity contribution in [3.8, 4) is 11.5 Å². The number of thioether (sulfide) groups is 1. The molecule has 8 heteroatoms. The average Bonchev–Trinajstić information content (AvgIpc) is 3.14. The molecule has 0 aliphatic heterocycles. The number of amides is 1. The molecule has 30 heavy (non-hydrogen) atoms. The van der Waals surface area contributed by atoms with Crippen LogP contribution < -0.4 is 14.8 Å². The number of aromatic nitrogens is 3. The third-order valence-corrected chi connectivity index (χ3v) is 5.28. The summed E-state index contributed by atoms with van der Waals surface area (Å²) in [5.41, 5.74) is 1.79. The van der Waals surface area contributed by atoms with Crippen molar-refractivity contribution in [2.24, 2.45) is 0 Å². The van der Waals surface area contributed by atoms with Crippen LogP contribution in [0.4, 0.5) is 5.69 Å². The van der Waals surface area contributed by atoms with Gasteiger partial charge in [-0.2, -0.15) is 0 Å². The van der Waals surface area contributed by atoms with E-state index in [1.165, 1.54) is 11.8 Å². The maximum Gasteiger partial charge on any atom is 0.234 e. The van der Waals surface area contributed by atoms with Crippen molar-refractivity contribution in [1.29, 1.82) is 0 Å². The first-order chi connectivity index (χ1) is 14.6. The molecule has 7 nitrogen and oxygen atoms in total. The average molecular weight is 425 g/mol. The molecule has 0 fully saturated rings. The number of carbonyl (C=O) groups is 1. The van der Waals surface area contributed by atoms with Crippen LogP contribution in [0, 0.1) is 0 Å². The Morgan fingerprint density at radius 3 is 2.60 bits per heavy atom. The van der Waals surface area contributed by atoms with Crippen LogP contribution >= 0.6 is 11.8 Å². The van der Waals surface area contributed by atoms with Gasteiger partial charge in [0.2, 0.25) is 5.91 Å². The number of nitrogens with zero attached hydrogens (tertiary/aromatic N) is 3. The Labute approximate surface area is 180 Å². The minimum Gasteiger partial charge on any atom is -0.497 e. The summed E-state index contributed by atoms with van der Waals surface area (Å²) in [6, 6.07) is 15.1. The molecule has 0 atom stereocenters. The lowest BCUT2D eigenvalue weighted by molar-refractivity contribution is -0.113. The predicted octanol–water partition coefficient (Wildman–Crippen LogP) is 3.80. The number of nitrogens with one attached hydrogen (secondary N) is 1. The van der Waals surface area contributed by atoms with Crippen LogP contribution in [0.1, 0.15) is 11.4 Å². The third kappa shape index (κ3) is 5.64. The summed E-state index contributed by atoms with van der Waals surface area (Å²) in [4.78, 5) is 12.4. The molecule has 3 aromatic rings. The van der Waals surface area contributed by atoms with Crippen molar-refractivity contribution in [2.45, 2.75) is 18.1 Å². The molecule has 0 saturated heterocycles. The van der Waals surface area contributed by atoms with E-state index >= 15 is 0 Å². The zero-order valence-electron chi connectivity index (χ0n) is 17.0. The van der Waals surface area contributed by atoms with Crippen LogP contribution in [0.3, 0.4) is 0 Å². The Kier molecular flexibility index (Phi) is 7.51. The standard InChI is InChI=1S/C22H24N4O3S/c1-4-12-26-20(13-16-8-10-18(28-2)11-9-16)24-25-22(26)30-15-21(27)23-17-6-5-7-19(14-17)29-3/h4-11,14H,1,12-13,15H2,2-3H3,(H,23,27). The monoisotopic (exact) mass is 424 g/mol. The molecule has 0 saturated carbocycles. The fourth-order valence-electron chi connectivity index (χ4n) is 2.82. The van der Waals surface area contributed by atoms with Gasteiger partial charge in [-0.25, -0.2) is 0 Å². The van der Waals surface area contributed by atoms with Crippen LogP contribution in [-0.4, -0.2) is 40.6 Å². The van der Waals surface area contributed by atoms with Gasteiger partial charge in [-0.15, -0.1) is 16.8 Å². The molecule has 1 amide bonds. The minimum absolute atomic E-state index is 0.127. The summed E-state index contributed by atoms with van der Waals surface area (Å²) < 4.78 is 12.4. The van der Waals surface area contributed by atoms with Crippen LogP contribution in [-0.2, 0) is 17.8 Å². The predicted molar refractivity (Wildman–Crippen MR) is 118 cm³/mol. The SMILES string of the molecule is C=CCn1c(Cc2ccc(OC)cc2)nnc1SCC(=O)Nc1cccc(OC)c1. The summed E-state index contributed by atoms with van der Waals surface area (Å²) in [6.07, 6.45) is 2.42. The minimum atomic E-state index is -0.127. The molecule has 156 valence electrons. The van der Waals surface area contributed by atoms with Gasteiger partial charge in [-0.05, 0) is 29.8 Å². The van der Waals surface area contributed by atoms with Gasteiger partial charge in [-0.1, -0.05) is 36.0 Å². The van der Waals surface area contributed by atoms with E-state index in [-0.39, 0.29) is 11.7 Å². The molecule has 1 heterocycles. The second kappa shape index (κ2) is 10.5. The highest BCUT2D eigenvalue weighted by Gasteiger charge is 2.14. The van der Waals surface area contributed by atoms with Crippen molar-refractivity contribution in [2.75, 3.05) is 25.3 Å². The van der Waals surface area contributed by atoms with Gasteiger partial charge in [0.1, 0.15) is 17.3 Å². The lowest BCUT2D eigenvalue weighted by atomic mass is 10.1. The van der Waals surface area contributed by atoms with Gasteiger partial charge in [0, 0.05) is 24.7 Å². The number of hydrogen-bond donors (Lipinski definition) is 1. The highest BCUT2D eigenvalue weighted by Crippen LogP contribution is 2.21. The van der Waals surface area contributed by atoms with Gasteiger partial charge in [0.15, 0.2) is 5.16 Å². The Morgan fingerprint density at radius 2 is 1.90 bits per heavy atom. The van der Waals surface area contributed by atoms with E-state index < -0.39 is 0 Å². The highest BCUT2D eigenvalue weighted by atomic mass is 32.2. The number of anilines is 1. The lowest BCUT2D eigenvalue weighted by Crippen LogP contribution is -2.15. The number of hydrogen-bond acceptors (Lipinski definition) is 6. The number of benzene rings is 2. The first-order valence-corrected chi connectivity index (χ1v) is 10.3. The molecular weight excluding hydrogens is 400 g/mol. The first kappa shape index (κ1) is 21.4. The molecule has 2 aromatic carbocycles. The highest BCUT2D eigenvalue weighted by molar-refractivity contribution is 7.99. The largest absolute Gasteiger partial charge is 0.497 e. The summed E-state index contributed by atoms with van der Waals surface area (Å²) >= 11 is 1.34. The summed E-state index contributed by atoms with van der Waals surface area (Å²) in [7, 11) is 3.23. The smallest absolute Gasteiger partial charge is 0.234 e. The molecule has 0 spiro atoms. The van der Waals surface area contributed by atoms with Crippen LogP contribution in [0.2, 0.25) is 0 Å². The molecule has 1 aromatic heterocycles. The number of rotatable bonds is 10. The molecule has 0 unspecified atom stereocenters. The van der Waals surface area contributed by atoms with Gasteiger partial charge in [0.25, 0.3) is 0 Å². The molecule has 0 aliphatic rings. The van der Waals surface area contributed by atoms with E-state index in [2.05, 4.69) is 22.1 Å². The van der Waals surface area contributed by atoms with E-state index in [9.17, 15) is 4.79 Å². The third-order valence-electron chi connectivity index (χ3n) is 4.31. The summed E-state index contributed by atoms with van der Waals surface area (Å²) in [5, 5.41) is 12.1. The second-order valence-electron chi connectivity index (χ2n) is 6.39. The van der Waals surface area contributed by atoms with Crippen LogP contribution in [0.25, 0.3) is 0 Å². The Balaban J connectivity index is 1.65. The topological polar surface area (TPSA) is 78.3 Å². The Morgan fingerprint density at radius 1 is 1.13 bits per heavy atom. The second-order valence-corrected chi connectivity index (χ2v) is 7.33. The fraction of sp³-hybridized carbons (Fsp3) is 0.227. The molecule has 3 rings (SSSR count). The molecule has 1 N–H and O–H groups in total. The quantitative estimate of drug-likeness (QED) is 0.394. The van der Waals surface area contributed by atoms with Crippen molar-refractivity contribution in [3.63, 3.8) is 0 Å². The van der Waals surface area contributed by atoms with Crippen LogP contribution in [0.15, 0.2) is 66.3 Å². The van der Waals surface area contributed by atoms with E-state index in [0.717, 1.165) is 17.1 Å². The van der Waals surface area contributed by atoms with Crippen LogP contribution in [0.5, 0.6) is 11.5 Å². The molecular formula is C22H24N4O3S. The van der Waals surface area contributed by atoms with E-state index in [1.807, 2.05) is 47.0 Å². The van der Waals surface area contributed by atoms with Crippen molar-refractivity contribution < 1.29 is 14.3 Å². The number of carbonyl (C=O) groups excluding carboxylic acids is 1. The Bertz CT molecular complexity index is 1000. The summed E-state index contributed by atoms with van der Waals surface area (Å²) in [5.74, 6) is 2.41. The zero-order chi connectivity index (χ0) is 21.3. The Hall–Kier alpha value is -3.26.